The molecule has 0 amide bonds. The molecule has 0 fully saturated rings. The molecule has 0 atom stereocenters. The summed E-state index contributed by atoms with van der Waals surface area (Å²) in [6.45, 7) is 0.498. The number of carbonyl (C=O) groups is 2. The molecule has 0 unspecified atom stereocenters. The highest BCUT2D eigenvalue weighted by molar-refractivity contribution is 5.99. The first kappa shape index (κ1) is 10.5. The highest BCUT2D eigenvalue weighted by Gasteiger charge is 2.17. The van der Waals surface area contributed by atoms with Crippen LogP contribution >= 0.6 is 0 Å². The quantitative estimate of drug-likeness (QED) is 0.581. The number of ether oxygens (including phenoxy) is 2. The van der Waals surface area contributed by atoms with Crippen LogP contribution < -0.4 is 9.47 Å². The maximum atomic E-state index is 11.7. The lowest BCUT2D eigenvalue weighted by atomic mass is 10.1. The van der Waals surface area contributed by atoms with E-state index >= 15 is 0 Å². The van der Waals surface area contributed by atoms with Crippen LogP contribution in [0.4, 0.5) is 4.79 Å². The Balaban J connectivity index is 2.35. The van der Waals surface area contributed by atoms with Gasteiger partial charge in [0.15, 0.2) is 5.78 Å². The molecule has 84 valence electrons. The van der Waals surface area contributed by atoms with Gasteiger partial charge in [-0.1, -0.05) is 0 Å². The first-order valence-corrected chi connectivity index (χ1v) is 4.87. The highest BCUT2D eigenvalue weighted by atomic mass is 16.7. The molecular formula is C11H10O5. The van der Waals surface area contributed by atoms with Gasteiger partial charge in [-0.15, -0.1) is 0 Å². The van der Waals surface area contributed by atoms with E-state index in [4.69, 9.17) is 9.84 Å². The minimum atomic E-state index is -1.40. The third-order valence-corrected chi connectivity index (χ3v) is 2.26. The van der Waals surface area contributed by atoms with Crippen molar-refractivity contribution in [2.24, 2.45) is 0 Å². The van der Waals surface area contributed by atoms with Gasteiger partial charge < -0.3 is 14.6 Å². The topological polar surface area (TPSA) is 72.8 Å². The fraction of sp³-hybridized carbons (Fsp3) is 0.273. The Hall–Kier alpha value is -2.04. The maximum Gasteiger partial charge on any atom is 0.511 e. The average molecular weight is 222 g/mol. The van der Waals surface area contributed by atoms with Crippen LogP contribution in [-0.2, 0) is 0 Å². The van der Waals surface area contributed by atoms with Gasteiger partial charge in [0.25, 0.3) is 0 Å². The SMILES string of the molecule is O=C(O)Oc1ccc2c(c1)C(=O)CCCO2. The molecule has 0 spiro atoms. The fourth-order valence-corrected chi connectivity index (χ4v) is 1.57. The van der Waals surface area contributed by atoms with Crippen molar-refractivity contribution < 1.29 is 24.2 Å². The fourth-order valence-electron chi connectivity index (χ4n) is 1.57. The van der Waals surface area contributed by atoms with Crippen LogP contribution in [0.2, 0.25) is 0 Å². The maximum absolute atomic E-state index is 11.7. The molecule has 16 heavy (non-hydrogen) atoms. The smallest absolute Gasteiger partial charge is 0.493 e. The molecule has 0 aromatic heterocycles. The van der Waals surface area contributed by atoms with Crippen molar-refractivity contribution >= 4 is 11.9 Å². The number of carbonyl (C=O) groups excluding carboxylic acids is 1. The molecule has 0 bridgehead atoms. The number of ketones is 1. The minimum Gasteiger partial charge on any atom is -0.493 e. The number of hydrogen-bond acceptors (Lipinski definition) is 4. The van der Waals surface area contributed by atoms with Crippen LogP contribution in [-0.4, -0.2) is 23.7 Å². The van der Waals surface area contributed by atoms with Crippen LogP contribution in [0.25, 0.3) is 0 Å². The summed E-state index contributed by atoms with van der Waals surface area (Å²) in [7, 11) is 0. The summed E-state index contributed by atoms with van der Waals surface area (Å²) in [6.07, 6.45) is -0.325. The summed E-state index contributed by atoms with van der Waals surface area (Å²) in [5, 5.41) is 8.45. The van der Waals surface area contributed by atoms with Crippen molar-refractivity contribution in [2.45, 2.75) is 12.8 Å². The van der Waals surface area contributed by atoms with E-state index in [1.807, 2.05) is 0 Å². The molecule has 1 aromatic carbocycles. The Morgan fingerprint density at radius 3 is 3.00 bits per heavy atom. The summed E-state index contributed by atoms with van der Waals surface area (Å²) in [5.74, 6) is 0.564. The number of Topliss-reactive ketones (excluding diaryl/α,β-unsaturated/α-hetero) is 1. The third-order valence-electron chi connectivity index (χ3n) is 2.26. The Labute approximate surface area is 91.6 Å². The molecule has 1 aliphatic heterocycles. The minimum absolute atomic E-state index is 0.0525. The summed E-state index contributed by atoms with van der Waals surface area (Å²) in [6, 6.07) is 4.42. The normalized spacial score (nSPS) is 14.6. The van der Waals surface area contributed by atoms with E-state index in [0.29, 0.717) is 30.8 Å². The van der Waals surface area contributed by atoms with Gasteiger partial charge in [0, 0.05) is 6.42 Å². The Bertz CT molecular complexity index is 438. The first-order chi connectivity index (χ1) is 7.66. The summed E-state index contributed by atoms with van der Waals surface area (Å²) in [4.78, 5) is 22.0. The number of fused-ring (bicyclic) bond motifs is 1. The van der Waals surface area contributed by atoms with Gasteiger partial charge in [0.2, 0.25) is 0 Å². The standard InChI is InChI=1S/C11H10O5/c12-9-2-1-5-15-10-4-3-7(6-8(9)10)16-11(13)14/h3-4,6H,1-2,5H2,(H,13,14). The zero-order valence-corrected chi connectivity index (χ0v) is 8.43. The lowest BCUT2D eigenvalue weighted by Gasteiger charge is -2.07. The van der Waals surface area contributed by atoms with Gasteiger partial charge in [-0.2, -0.15) is 0 Å². The molecule has 0 saturated heterocycles. The highest BCUT2D eigenvalue weighted by Crippen LogP contribution is 2.28. The zero-order chi connectivity index (χ0) is 11.5. The predicted octanol–water partition coefficient (Wildman–Crippen LogP) is 2.10. The number of hydrogen-bond donors (Lipinski definition) is 1. The van der Waals surface area contributed by atoms with E-state index in [1.54, 1.807) is 6.07 Å². The molecule has 0 saturated carbocycles. The Morgan fingerprint density at radius 2 is 2.25 bits per heavy atom. The molecule has 2 rings (SSSR count). The van der Waals surface area contributed by atoms with Gasteiger partial charge in [-0.3, -0.25) is 4.79 Å². The number of benzene rings is 1. The Morgan fingerprint density at radius 1 is 1.44 bits per heavy atom. The molecule has 1 N–H and O–H groups in total. The van der Waals surface area contributed by atoms with E-state index in [-0.39, 0.29) is 11.5 Å². The lowest BCUT2D eigenvalue weighted by Crippen LogP contribution is -2.05. The van der Waals surface area contributed by atoms with Gasteiger partial charge in [0.05, 0.1) is 12.2 Å². The monoisotopic (exact) mass is 222 g/mol. The average Bonchev–Trinajstić information content (AvgIpc) is 2.41. The van der Waals surface area contributed by atoms with E-state index in [9.17, 15) is 9.59 Å². The molecule has 1 aliphatic rings. The number of carboxylic acid groups (broad SMARTS) is 1. The van der Waals surface area contributed by atoms with E-state index < -0.39 is 6.16 Å². The van der Waals surface area contributed by atoms with E-state index in [1.165, 1.54) is 12.1 Å². The summed E-state index contributed by atoms with van der Waals surface area (Å²) < 4.78 is 9.83. The van der Waals surface area contributed by atoms with Crippen LogP contribution in [0, 0.1) is 0 Å². The van der Waals surface area contributed by atoms with Crippen molar-refractivity contribution in [1.82, 2.24) is 0 Å². The van der Waals surface area contributed by atoms with Crippen molar-refractivity contribution in [3.63, 3.8) is 0 Å². The largest absolute Gasteiger partial charge is 0.511 e. The van der Waals surface area contributed by atoms with Crippen LogP contribution in [0.1, 0.15) is 23.2 Å². The van der Waals surface area contributed by atoms with Gasteiger partial charge >= 0.3 is 6.16 Å². The summed E-state index contributed by atoms with van der Waals surface area (Å²) >= 11 is 0. The molecule has 5 nitrogen and oxygen atoms in total. The molecule has 0 aliphatic carbocycles. The lowest BCUT2D eigenvalue weighted by molar-refractivity contribution is 0.0981. The van der Waals surface area contributed by atoms with Crippen molar-refractivity contribution in [1.29, 1.82) is 0 Å². The van der Waals surface area contributed by atoms with Gasteiger partial charge in [-0.25, -0.2) is 4.79 Å². The van der Waals surface area contributed by atoms with E-state index in [2.05, 4.69) is 4.74 Å². The second kappa shape index (κ2) is 4.22. The third kappa shape index (κ3) is 2.13. The Kier molecular flexibility index (Phi) is 2.76. The predicted molar refractivity (Wildman–Crippen MR) is 54.2 cm³/mol. The van der Waals surface area contributed by atoms with Crippen molar-refractivity contribution in [3.8, 4) is 11.5 Å². The van der Waals surface area contributed by atoms with Crippen LogP contribution in [0.5, 0.6) is 11.5 Å². The second-order valence-corrected chi connectivity index (χ2v) is 3.40. The molecule has 1 aromatic rings. The van der Waals surface area contributed by atoms with Crippen LogP contribution in [0.3, 0.4) is 0 Å². The van der Waals surface area contributed by atoms with Gasteiger partial charge in [-0.05, 0) is 24.6 Å². The summed E-state index contributed by atoms with van der Waals surface area (Å²) in [5.41, 5.74) is 0.385. The van der Waals surface area contributed by atoms with Gasteiger partial charge in [0.1, 0.15) is 11.5 Å². The zero-order valence-electron chi connectivity index (χ0n) is 8.43. The first-order valence-electron chi connectivity index (χ1n) is 4.87. The van der Waals surface area contributed by atoms with E-state index in [0.717, 1.165) is 0 Å². The molecule has 0 radical (unpaired) electrons. The molecule has 1 heterocycles. The van der Waals surface area contributed by atoms with Crippen molar-refractivity contribution in [3.05, 3.63) is 23.8 Å². The van der Waals surface area contributed by atoms with Crippen LogP contribution in [0.15, 0.2) is 18.2 Å². The second-order valence-electron chi connectivity index (χ2n) is 3.40. The van der Waals surface area contributed by atoms with Crippen molar-refractivity contribution in [2.75, 3.05) is 6.61 Å². The number of rotatable bonds is 1. The molecular weight excluding hydrogens is 212 g/mol. The molecule has 5 heteroatoms.